The molecule has 12 heteroatoms. The van der Waals surface area contributed by atoms with Crippen LogP contribution in [0.25, 0.3) is 0 Å². The molecule has 2 aromatic rings. The molecule has 1 aromatic heterocycles. The van der Waals surface area contributed by atoms with Crippen LogP contribution in [0.3, 0.4) is 0 Å². The molecule has 2 saturated heterocycles. The van der Waals surface area contributed by atoms with Gasteiger partial charge in [-0.15, -0.1) is 0 Å². The van der Waals surface area contributed by atoms with Gasteiger partial charge in [0.1, 0.15) is 12.1 Å². The molecule has 0 radical (unpaired) electrons. The van der Waals surface area contributed by atoms with E-state index in [4.69, 9.17) is 4.74 Å². The molecule has 0 bridgehead atoms. The van der Waals surface area contributed by atoms with E-state index < -0.39 is 29.8 Å². The summed E-state index contributed by atoms with van der Waals surface area (Å²) in [6.45, 7) is 1.99. The molecule has 1 aromatic carbocycles. The Kier molecular flexibility index (Phi) is 6.45. The number of aromatic nitrogens is 2. The maximum absolute atomic E-state index is 13.3. The van der Waals surface area contributed by atoms with Gasteiger partial charge in [0, 0.05) is 44.6 Å². The Hall–Kier alpha value is -3.41. The molecule has 3 aliphatic rings. The zero-order valence-corrected chi connectivity index (χ0v) is 19.3. The summed E-state index contributed by atoms with van der Waals surface area (Å²) < 4.78 is 44.8. The number of carbonyl (C=O) groups is 2. The molecule has 0 spiro atoms. The summed E-state index contributed by atoms with van der Waals surface area (Å²) in [5.74, 6) is 0.477. The van der Waals surface area contributed by atoms with Gasteiger partial charge >= 0.3 is 12.3 Å². The third-order valence-electron chi connectivity index (χ3n) is 6.91. The third-order valence-corrected chi connectivity index (χ3v) is 6.91. The van der Waals surface area contributed by atoms with Crippen molar-refractivity contribution in [1.29, 1.82) is 0 Å². The number of benzene rings is 1. The highest BCUT2D eigenvalue weighted by molar-refractivity contribution is 5.86. The van der Waals surface area contributed by atoms with Crippen LogP contribution < -0.4 is 10.1 Å². The smallest absolute Gasteiger partial charge is 0.416 e. The van der Waals surface area contributed by atoms with Gasteiger partial charge in [-0.1, -0.05) is 12.1 Å². The minimum absolute atomic E-state index is 0.0180. The quantitative estimate of drug-likeness (QED) is 0.621. The topological polar surface area (TPSA) is 108 Å². The summed E-state index contributed by atoms with van der Waals surface area (Å²) >= 11 is 0. The van der Waals surface area contributed by atoms with Gasteiger partial charge < -0.3 is 20.1 Å². The second kappa shape index (κ2) is 9.57. The number of piperazine rings is 1. The number of nitrogens with zero attached hydrogens (tertiary/aromatic N) is 4. The van der Waals surface area contributed by atoms with Gasteiger partial charge in [0.05, 0.1) is 23.7 Å². The molecule has 2 amide bonds. The molecule has 1 aliphatic carbocycles. The molecule has 192 valence electrons. The summed E-state index contributed by atoms with van der Waals surface area (Å²) in [5.41, 5.74) is 0.266. The molecule has 5 rings (SSSR count). The second-order valence-electron chi connectivity index (χ2n) is 9.46. The van der Waals surface area contributed by atoms with Gasteiger partial charge in [0.25, 0.3) is 0 Å². The van der Waals surface area contributed by atoms with Crippen LogP contribution in [0, 0.1) is 0 Å². The number of ether oxygens (including phenoxy) is 1. The highest BCUT2D eigenvalue weighted by Gasteiger charge is 2.40. The molecule has 9 nitrogen and oxygen atoms in total. The molecular formula is C24H26F3N5O4. The molecule has 1 saturated carbocycles. The molecule has 3 heterocycles. The van der Waals surface area contributed by atoms with E-state index in [-0.39, 0.29) is 17.7 Å². The van der Waals surface area contributed by atoms with Gasteiger partial charge in [-0.3, -0.25) is 14.7 Å². The van der Waals surface area contributed by atoms with Crippen LogP contribution in [0.5, 0.6) is 5.88 Å². The number of amides is 2. The van der Waals surface area contributed by atoms with Gasteiger partial charge in [-0.25, -0.2) is 9.78 Å². The van der Waals surface area contributed by atoms with E-state index in [1.165, 1.54) is 0 Å². The SMILES string of the molecule is O=C(O)NC(C(=O)N1CCN2C[C@H](Oc3cnc(C4CC4)cn3)C[C@H]2C1)c1ccc(C(F)(F)F)cc1. The van der Waals surface area contributed by atoms with Gasteiger partial charge in [0.15, 0.2) is 0 Å². The van der Waals surface area contributed by atoms with Crippen molar-refractivity contribution in [3.05, 3.63) is 53.5 Å². The lowest BCUT2D eigenvalue weighted by Crippen LogP contribution is -2.54. The van der Waals surface area contributed by atoms with Crippen molar-refractivity contribution in [2.24, 2.45) is 0 Å². The molecule has 3 fully saturated rings. The van der Waals surface area contributed by atoms with E-state index in [1.54, 1.807) is 17.3 Å². The fourth-order valence-corrected chi connectivity index (χ4v) is 4.89. The van der Waals surface area contributed by atoms with Crippen molar-refractivity contribution < 1.29 is 32.6 Å². The van der Waals surface area contributed by atoms with Crippen LogP contribution in [0.1, 0.15) is 48.0 Å². The van der Waals surface area contributed by atoms with Gasteiger partial charge in [-0.05, 0) is 30.5 Å². The first-order valence-corrected chi connectivity index (χ1v) is 11.9. The normalized spacial score (nSPS) is 23.1. The minimum Gasteiger partial charge on any atom is -0.472 e. The highest BCUT2D eigenvalue weighted by Crippen LogP contribution is 2.38. The monoisotopic (exact) mass is 505 g/mol. The Bertz CT molecular complexity index is 1110. The number of rotatable bonds is 6. The fourth-order valence-electron chi connectivity index (χ4n) is 4.89. The maximum atomic E-state index is 13.3. The number of hydrogen-bond donors (Lipinski definition) is 2. The lowest BCUT2D eigenvalue weighted by Gasteiger charge is -2.38. The Morgan fingerprint density at radius 3 is 2.44 bits per heavy atom. The first kappa shape index (κ1) is 24.3. The summed E-state index contributed by atoms with van der Waals surface area (Å²) in [4.78, 5) is 37.2. The summed E-state index contributed by atoms with van der Waals surface area (Å²) in [6, 6.07) is 2.67. The van der Waals surface area contributed by atoms with Crippen molar-refractivity contribution >= 4 is 12.0 Å². The number of fused-ring (bicyclic) bond motifs is 1. The van der Waals surface area contributed by atoms with Crippen molar-refractivity contribution in [3.8, 4) is 5.88 Å². The number of carbonyl (C=O) groups excluding carboxylic acids is 1. The van der Waals surface area contributed by atoms with E-state index in [0.29, 0.717) is 44.4 Å². The average Bonchev–Trinajstić information content (AvgIpc) is 3.61. The molecule has 2 N–H and O–H groups in total. The molecule has 2 aliphatic heterocycles. The van der Waals surface area contributed by atoms with E-state index in [1.807, 2.05) is 0 Å². The van der Waals surface area contributed by atoms with Crippen LogP contribution in [0.15, 0.2) is 36.7 Å². The minimum atomic E-state index is -4.53. The standard InChI is InChI=1S/C24H26F3N5O4/c25-24(26,27)16-5-3-15(4-6-16)21(30-23(34)35)22(33)32-8-7-31-13-18(9-17(31)12-32)36-20-11-28-19(10-29-20)14-1-2-14/h3-6,10-11,14,17-18,21,30H,1-2,7-9,12-13H2,(H,34,35)/t17-,18+,21?/m0/s1. The van der Waals surface area contributed by atoms with E-state index in [2.05, 4.69) is 20.2 Å². The van der Waals surface area contributed by atoms with Crippen LogP contribution >= 0.6 is 0 Å². The van der Waals surface area contributed by atoms with Crippen molar-refractivity contribution in [3.63, 3.8) is 0 Å². The summed E-state index contributed by atoms with van der Waals surface area (Å²) in [5, 5.41) is 11.4. The van der Waals surface area contributed by atoms with Crippen LogP contribution in [-0.4, -0.2) is 75.2 Å². The lowest BCUT2D eigenvalue weighted by molar-refractivity contribution is -0.137. The summed E-state index contributed by atoms with van der Waals surface area (Å²) in [7, 11) is 0. The largest absolute Gasteiger partial charge is 0.472 e. The predicted octanol–water partition coefficient (Wildman–Crippen LogP) is 3.05. The molecule has 3 atom stereocenters. The number of carboxylic acid groups (broad SMARTS) is 1. The first-order chi connectivity index (χ1) is 17.2. The molecule has 36 heavy (non-hydrogen) atoms. The Balaban J connectivity index is 1.22. The Morgan fingerprint density at radius 1 is 1.08 bits per heavy atom. The van der Waals surface area contributed by atoms with Crippen molar-refractivity contribution in [1.82, 2.24) is 25.1 Å². The number of hydrogen-bond acceptors (Lipinski definition) is 6. The van der Waals surface area contributed by atoms with E-state index in [0.717, 1.165) is 42.8 Å². The predicted molar refractivity (Wildman–Crippen MR) is 120 cm³/mol. The van der Waals surface area contributed by atoms with Crippen LogP contribution in [-0.2, 0) is 11.0 Å². The van der Waals surface area contributed by atoms with E-state index in [9.17, 15) is 27.9 Å². The lowest BCUT2D eigenvalue weighted by atomic mass is 10.0. The number of nitrogens with one attached hydrogen (secondary N) is 1. The molecule has 1 unspecified atom stereocenters. The number of halogens is 3. The fraction of sp³-hybridized carbons (Fsp3) is 0.500. The second-order valence-corrected chi connectivity index (χ2v) is 9.46. The van der Waals surface area contributed by atoms with Crippen LogP contribution in [0.2, 0.25) is 0 Å². The van der Waals surface area contributed by atoms with Crippen molar-refractivity contribution in [2.45, 2.75) is 49.5 Å². The molecular weight excluding hydrogens is 479 g/mol. The number of alkyl halides is 3. The van der Waals surface area contributed by atoms with Crippen LogP contribution in [0.4, 0.5) is 18.0 Å². The summed E-state index contributed by atoms with van der Waals surface area (Å²) in [6.07, 6.45) is 0.271. The van der Waals surface area contributed by atoms with Gasteiger partial charge in [-0.2, -0.15) is 13.2 Å². The zero-order valence-electron chi connectivity index (χ0n) is 19.3. The Morgan fingerprint density at radius 2 is 1.83 bits per heavy atom. The average molecular weight is 505 g/mol. The van der Waals surface area contributed by atoms with E-state index >= 15 is 0 Å². The first-order valence-electron chi connectivity index (χ1n) is 11.9. The highest BCUT2D eigenvalue weighted by atomic mass is 19.4. The van der Waals surface area contributed by atoms with Crippen molar-refractivity contribution in [2.75, 3.05) is 26.2 Å². The third kappa shape index (κ3) is 5.38. The zero-order chi connectivity index (χ0) is 25.4. The Labute approximate surface area is 205 Å². The van der Waals surface area contributed by atoms with Gasteiger partial charge in [0.2, 0.25) is 11.8 Å². The maximum Gasteiger partial charge on any atom is 0.416 e.